The summed E-state index contributed by atoms with van der Waals surface area (Å²) < 4.78 is 5.04. The molecule has 0 aromatic heterocycles. The molecular formula is C15H19N3O2. The lowest BCUT2D eigenvalue weighted by Gasteiger charge is -2.24. The van der Waals surface area contributed by atoms with Crippen molar-refractivity contribution >= 4 is 11.6 Å². The van der Waals surface area contributed by atoms with E-state index >= 15 is 0 Å². The van der Waals surface area contributed by atoms with Crippen LogP contribution in [0.15, 0.2) is 24.3 Å². The number of para-hydroxylation sites is 1. The molecule has 0 fully saturated rings. The first-order chi connectivity index (χ1) is 9.77. The van der Waals surface area contributed by atoms with Crippen LogP contribution < -0.4 is 5.32 Å². The molecule has 5 nitrogen and oxygen atoms in total. The number of nitrogens with one attached hydrogen (secondary N) is 1. The van der Waals surface area contributed by atoms with Crippen molar-refractivity contribution in [2.75, 3.05) is 38.7 Å². The van der Waals surface area contributed by atoms with Gasteiger partial charge in [-0.25, -0.2) is 0 Å². The minimum Gasteiger partial charge on any atom is -0.384 e. The summed E-state index contributed by atoms with van der Waals surface area (Å²) in [6, 6.07) is 9.96. The number of hydrogen-bond acceptors (Lipinski definition) is 4. The number of benzene rings is 1. The number of nitriles is 1. The SMILES string of the molecule is COCCN(CCC#N)C(=O)C1CNc2ccccc21. The second kappa shape index (κ2) is 6.92. The third-order valence-corrected chi connectivity index (χ3v) is 3.50. The first-order valence-electron chi connectivity index (χ1n) is 6.75. The van der Waals surface area contributed by atoms with Gasteiger partial charge in [-0.15, -0.1) is 0 Å². The second-order valence-corrected chi connectivity index (χ2v) is 4.75. The van der Waals surface area contributed by atoms with E-state index in [-0.39, 0.29) is 11.8 Å². The van der Waals surface area contributed by atoms with Crippen molar-refractivity contribution in [3.8, 4) is 6.07 Å². The van der Waals surface area contributed by atoms with Gasteiger partial charge in [0, 0.05) is 32.4 Å². The Morgan fingerprint density at radius 3 is 3.05 bits per heavy atom. The van der Waals surface area contributed by atoms with E-state index in [2.05, 4.69) is 11.4 Å². The van der Waals surface area contributed by atoms with Gasteiger partial charge >= 0.3 is 0 Å². The maximum atomic E-state index is 12.6. The van der Waals surface area contributed by atoms with Gasteiger partial charge in [-0.2, -0.15) is 5.26 Å². The molecule has 1 N–H and O–H groups in total. The number of carbonyl (C=O) groups excluding carboxylic acids is 1. The maximum absolute atomic E-state index is 12.6. The average Bonchev–Trinajstić information content (AvgIpc) is 2.91. The van der Waals surface area contributed by atoms with Crippen molar-refractivity contribution in [3.05, 3.63) is 29.8 Å². The van der Waals surface area contributed by atoms with Crippen LogP contribution in [0.4, 0.5) is 5.69 Å². The summed E-state index contributed by atoms with van der Waals surface area (Å²) >= 11 is 0. The van der Waals surface area contributed by atoms with E-state index in [0.29, 0.717) is 32.7 Å². The van der Waals surface area contributed by atoms with Crippen LogP contribution in [0.1, 0.15) is 17.9 Å². The van der Waals surface area contributed by atoms with E-state index in [0.717, 1.165) is 11.3 Å². The fourth-order valence-corrected chi connectivity index (χ4v) is 2.44. The second-order valence-electron chi connectivity index (χ2n) is 4.75. The molecule has 1 aliphatic heterocycles. The highest BCUT2D eigenvalue weighted by molar-refractivity contribution is 5.88. The molecule has 2 rings (SSSR count). The van der Waals surface area contributed by atoms with Crippen molar-refractivity contribution in [2.45, 2.75) is 12.3 Å². The van der Waals surface area contributed by atoms with Crippen LogP contribution in [0.3, 0.4) is 0 Å². The Bertz CT molecular complexity index is 510. The van der Waals surface area contributed by atoms with Gasteiger partial charge in [-0.1, -0.05) is 18.2 Å². The van der Waals surface area contributed by atoms with Crippen molar-refractivity contribution in [3.63, 3.8) is 0 Å². The van der Waals surface area contributed by atoms with Gasteiger partial charge in [-0.05, 0) is 11.6 Å². The number of ether oxygens (including phenoxy) is 1. The van der Waals surface area contributed by atoms with Crippen LogP contribution >= 0.6 is 0 Å². The zero-order valence-electron chi connectivity index (χ0n) is 11.6. The first kappa shape index (κ1) is 14.4. The summed E-state index contributed by atoms with van der Waals surface area (Å²) in [7, 11) is 1.61. The fourth-order valence-electron chi connectivity index (χ4n) is 2.44. The standard InChI is InChI=1S/C15H19N3O2/c1-20-10-9-18(8-4-7-16)15(19)13-11-17-14-6-3-2-5-12(13)14/h2-3,5-6,13,17H,4,8-11H2,1H3. The van der Waals surface area contributed by atoms with Gasteiger partial charge < -0.3 is 15.0 Å². The molecular weight excluding hydrogens is 254 g/mol. The topological polar surface area (TPSA) is 65.4 Å². The Kier molecular flexibility index (Phi) is 4.97. The van der Waals surface area contributed by atoms with Crippen molar-refractivity contribution < 1.29 is 9.53 Å². The number of carbonyl (C=O) groups is 1. The molecule has 0 spiro atoms. The highest BCUT2D eigenvalue weighted by Gasteiger charge is 2.31. The summed E-state index contributed by atoms with van der Waals surface area (Å²) in [4.78, 5) is 14.4. The number of fused-ring (bicyclic) bond motifs is 1. The molecule has 0 aliphatic carbocycles. The van der Waals surface area contributed by atoms with Crippen LogP contribution in [-0.4, -0.2) is 44.2 Å². The van der Waals surface area contributed by atoms with Crippen LogP contribution in [0.5, 0.6) is 0 Å². The van der Waals surface area contributed by atoms with Gasteiger partial charge in [0.15, 0.2) is 0 Å². The molecule has 1 aliphatic rings. The Hall–Kier alpha value is -2.06. The summed E-state index contributed by atoms with van der Waals surface area (Å²) in [5, 5.41) is 12.0. The van der Waals surface area contributed by atoms with E-state index in [1.54, 1.807) is 12.0 Å². The molecule has 1 heterocycles. The lowest BCUT2D eigenvalue weighted by atomic mass is 10.00. The van der Waals surface area contributed by atoms with E-state index in [1.807, 2.05) is 24.3 Å². The fraction of sp³-hybridized carbons (Fsp3) is 0.467. The molecule has 0 bridgehead atoms. The van der Waals surface area contributed by atoms with Gasteiger partial charge in [0.25, 0.3) is 0 Å². The zero-order chi connectivity index (χ0) is 14.4. The van der Waals surface area contributed by atoms with E-state index in [9.17, 15) is 4.79 Å². The highest BCUT2D eigenvalue weighted by atomic mass is 16.5. The first-order valence-corrected chi connectivity index (χ1v) is 6.75. The Morgan fingerprint density at radius 2 is 2.30 bits per heavy atom. The number of rotatable bonds is 6. The highest BCUT2D eigenvalue weighted by Crippen LogP contribution is 2.32. The van der Waals surface area contributed by atoms with Gasteiger partial charge in [0.1, 0.15) is 0 Å². The molecule has 1 amide bonds. The monoisotopic (exact) mass is 273 g/mol. The van der Waals surface area contributed by atoms with Gasteiger partial charge in [0.05, 0.1) is 25.0 Å². The van der Waals surface area contributed by atoms with E-state index < -0.39 is 0 Å². The molecule has 0 radical (unpaired) electrons. The Morgan fingerprint density at radius 1 is 1.50 bits per heavy atom. The van der Waals surface area contributed by atoms with Crippen LogP contribution in [0.25, 0.3) is 0 Å². The third kappa shape index (κ3) is 3.09. The number of hydrogen-bond donors (Lipinski definition) is 1. The third-order valence-electron chi connectivity index (χ3n) is 3.50. The molecule has 106 valence electrons. The van der Waals surface area contributed by atoms with E-state index in [4.69, 9.17) is 10.00 Å². The van der Waals surface area contributed by atoms with Crippen molar-refractivity contribution in [1.29, 1.82) is 5.26 Å². The summed E-state index contributed by atoms with van der Waals surface area (Å²) in [5.41, 5.74) is 2.06. The molecule has 1 aromatic carbocycles. The lowest BCUT2D eigenvalue weighted by Crippen LogP contribution is -2.38. The summed E-state index contributed by atoms with van der Waals surface area (Å²) in [6.07, 6.45) is 0.344. The largest absolute Gasteiger partial charge is 0.384 e. The number of amides is 1. The Balaban J connectivity index is 2.10. The minimum atomic E-state index is -0.165. The lowest BCUT2D eigenvalue weighted by molar-refractivity contribution is -0.133. The zero-order valence-corrected chi connectivity index (χ0v) is 11.6. The summed E-state index contributed by atoms with van der Waals surface area (Å²) in [5.74, 6) is -0.100. The minimum absolute atomic E-state index is 0.0646. The summed E-state index contributed by atoms with van der Waals surface area (Å²) in [6.45, 7) is 2.08. The molecule has 1 atom stereocenters. The molecule has 0 saturated carbocycles. The van der Waals surface area contributed by atoms with Crippen LogP contribution in [-0.2, 0) is 9.53 Å². The number of nitrogens with zero attached hydrogens (tertiary/aromatic N) is 2. The smallest absolute Gasteiger partial charge is 0.232 e. The molecule has 1 aromatic rings. The van der Waals surface area contributed by atoms with Crippen molar-refractivity contribution in [1.82, 2.24) is 4.90 Å². The number of methoxy groups -OCH3 is 1. The van der Waals surface area contributed by atoms with Gasteiger partial charge in [-0.3, -0.25) is 4.79 Å². The predicted octanol–water partition coefficient (Wildman–Crippen LogP) is 1.58. The number of anilines is 1. The van der Waals surface area contributed by atoms with E-state index in [1.165, 1.54) is 0 Å². The average molecular weight is 273 g/mol. The van der Waals surface area contributed by atoms with Crippen molar-refractivity contribution in [2.24, 2.45) is 0 Å². The van der Waals surface area contributed by atoms with Gasteiger partial charge in [0.2, 0.25) is 5.91 Å². The molecule has 5 heteroatoms. The normalized spacial score (nSPS) is 16.1. The molecule has 1 unspecified atom stereocenters. The molecule has 0 saturated heterocycles. The quantitative estimate of drug-likeness (QED) is 0.854. The molecule has 20 heavy (non-hydrogen) atoms. The van der Waals surface area contributed by atoms with Crippen LogP contribution in [0.2, 0.25) is 0 Å². The maximum Gasteiger partial charge on any atom is 0.232 e. The predicted molar refractivity (Wildman–Crippen MR) is 76.4 cm³/mol. The Labute approximate surface area is 119 Å². The van der Waals surface area contributed by atoms with Crippen LogP contribution in [0, 0.1) is 11.3 Å².